The van der Waals surface area contributed by atoms with Crippen molar-refractivity contribution in [3.05, 3.63) is 35.9 Å². The highest BCUT2D eigenvalue weighted by Gasteiger charge is 2.17. The lowest BCUT2D eigenvalue weighted by atomic mass is 9.99. The minimum absolute atomic E-state index is 0. The first-order chi connectivity index (χ1) is 8.42. The molecule has 0 aliphatic carbocycles. The quantitative estimate of drug-likeness (QED) is 0.894. The molecule has 0 radical (unpaired) electrons. The molecule has 0 heterocycles. The highest BCUT2D eigenvalue weighted by Crippen LogP contribution is 2.13. The zero-order valence-corrected chi connectivity index (χ0v) is 12.5. The number of ether oxygens (including phenoxy) is 1. The lowest BCUT2D eigenvalue weighted by molar-refractivity contribution is 0.0525. The number of nitrogens with two attached hydrogens (primary N) is 1. The van der Waals surface area contributed by atoms with Crippen LogP contribution in [0.25, 0.3) is 0 Å². The van der Waals surface area contributed by atoms with E-state index in [0.717, 1.165) is 5.56 Å². The number of amides is 1. The molecule has 0 saturated heterocycles. The normalized spacial score (nSPS) is 12.2. The Kier molecular flexibility index (Phi) is 7.49. The molecular formula is C14H23ClN2O2. The van der Waals surface area contributed by atoms with Crippen LogP contribution in [0.2, 0.25) is 0 Å². The summed E-state index contributed by atoms with van der Waals surface area (Å²) in [7, 11) is 0. The van der Waals surface area contributed by atoms with Crippen LogP contribution in [-0.4, -0.2) is 24.8 Å². The summed E-state index contributed by atoms with van der Waals surface area (Å²) in [6, 6.07) is 9.90. The van der Waals surface area contributed by atoms with Crippen LogP contribution in [0.1, 0.15) is 32.3 Å². The third-order valence-electron chi connectivity index (χ3n) is 2.45. The maximum atomic E-state index is 11.5. The Morgan fingerprint density at radius 1 is 1.32 bits per heavy atom. The molecule has 4 nitrogen and oxygen atoms in total. The van der Waals surface area contributed by atoms with E-state index in [2.05, 4.69) is 5.32 Å². The summed E-state index contributed by atoms with van der Waals surface area (Å²) in [6.07, 6.45) is -0.406. The van der Waals surface area contributed by atoms with Gasteiger partial charge < -0.3 is 15.8 Å². The minimum Gasteiger partial charge on any atom is -0.444 e. The maximum Gasteiger partial charge on any atom is 0.407 e. The minimum atomic E-state index is -0.477. The van der Waals surface area contributed by atoms with Crippen LogP contribution >= 0.6 is 12.4 Å². The lowest BCUT2D eigenvalue weighted by Crippen LogP contribution is -2.36. The van der Waals surface area contributed by atoms with E-state index < -0.39 is 11.7 Å². The Morgan fingerprint density at radius 2 is 1.89 bits per heavy atom. The second kappa shape index (κ2) is 8.02. The molecule has 1 rings (SSSR count). The van der Waals surface area contributed by atoms with Gasteiger partial charge in [0, 0.05) is 19.0 Å². The molecule has 0 aliphatic heterocycles. The summed E-state index contributed by atoms with van der Waals surface area (Å²) < 4.78 is 5.18. The third kappa shape index (κ3) is 7.03. The predicted octanol–water partition coefficient (Wildman–Crippen LogP) is 2.68. The number of carbonyl (C=O) groups excluding carboxylic acids is 1. The Hall–Kier alpha value is -1.26. The number of alkyl carbamates (subject to hydrolysis) is 1. The number of hydrogen-bond donors (Lipinski definition) is 2. The molecule has 3 N–H and O–H groups in total. The molecule has 0 aliphatic rings. The van der Waals surface area contributed by atoms with E-state index in [9.17, 15) is 4.79 Å². The molecule has 5 heteroatoms. The topological polar surface area (TPSA) is 64.3 Å². The number of hydrogen-bond acceptors (Lipinski definition) is 3. The Bertz CT molecular complexity index is 377. The van der Waals surface area contributed by atoms with E-state index in [1.807, 2.05) is 51.1 Å². The van der Waals surface area contributed by atoms with Crippen LogP contribution in [0, 0.1) is 0 Å². The highest BCUT2D eigenvalue weighted by atomic mass is 35.5. The number of halogens is 1. The van der Waals surface area contributed by atoms with Gasteiger partial charge in [-0.1, -0.05) is 30.3 Å². The second-order valence-electron chi connectivity index (χ2n) is 5.23. The van der Waals surface area contributed by atoms with Crippen molar-refractivity contribution in [2.24, 2.45) is 5.73 Å². The maximum absolute atomic E-state index is 11.5. The molecule has 0 aromatic heterocycles. The largest absolute Gasteiger partial charge is 0.444 e. The van der Waals surface area contributed by atoms with E-state index in [1.165, 1.54) is 0 Å². The summed E-state index contributed by atoms with van der Waals surface area (Å²) in [5.74, 6) is 0.110. The van der Waals surface area contributed by atoms with Crippen LogP contribution in [0.4, 0.5) is 4.79 Å². The summed E-state index contributed by atoms with van der Waals surface area (Å²) in [5, 5.41) is 2.75. The second-order valence-corrected chi connectivity index (χ2v) is 5.23. The van der Waals surface area contributed by atoms with Crippen molar-refractivity contribution in [2.75, 3.05) is 13.1 Å². The van der Waals surface area contributed by atoms with E-state index in [-0.39, 0.29) is 18.3 Å². The van der Waals surface area contributed by atoms with Gasteiger partial charge in [0.2, 0.25) is 0 Å². The lowest BCUT2D eigenvalue weighted by Gasteiger charge is -2.21. The molecule has 1 atom stereocenters. The molecule has 0 bridgehead atoms. The standard InChI is InChI=1S/C14H22N2O2.ClH/c1-14(2,3)18-13(17)16-10-12(9-15)11-7-5-4-6-8-11;/h4-8,12H,9-10,15H2,1-3H3,(H,16,17);1H. The van der Waals surface area contributed by atoms with Gasteiger partial charge in [0.1, 0.15) is 5.60 Å². The molecule has 0 fully saturated rings. The molecule has 1 amide bonds. The van der Waals surface area contributed by atoms with Gasteiger partial charge in [-0.2, -0.15) is 0 Å². The number of carbonyl (C=O) groups is 1. The average Bonchev–Trinajstić information content (AvgIpc) is 2.29. The first-order valence-electron chi connectivity index (χ1n) is 6.14. The van der Waals surface area contributed by atoms with Crippen molar-refractivity contribution in [1.82, 2.24) is 5.32 Å². The Balaban J connectivity index is 0.00000324. The summed E-state index contributed by atoms with van der Waals surface area (Å²) in [4.78, 5) is 11.5. The first-order valence-corrected chi connectivity index (χ1v) is 6.14. The van der Waals surface area contributed by atoms with E-state index in [1.54, 1.807) is 0 Å². The SMILES string of the molecule is CC(C)(C)OC(=O)NCC(CN)c1ccccc1.Cl. The fourth-order valence-corrected chi connectivity index (χ4v) is 1.58. The number of benzene rings is 1. The van der Waals surface area contributed by atoms with Crippen LogP contribution in [0.3, 0.4) is 0 Å². The van der Waals surface area contributed by atoms with Crippen molar-refractivity contribution in [1.29, 1.82) is 0 Å². The van der Waals surface area contributed by atoms with Crippen LogP contribution in [0.5, 0.6) is 0 Å². The molecule has 108 valence electrons. The molecule has 19 heavy (non-hydrogen) atoms. The van der Waals surface area contributed by atoms with Crippen LogP contribution in [-0.2, 0) is 4.74 Å². The molecule has 1 aromatic carbocycles. The van der Waals surface area contributed by atoms with Crippen LogP contribution in [0.15, 0.2) is 30.3 Å². The fourth-order valence-electron chi connectivity index (χ4n) is 1.58. The van der Waals surface area contributed by atoms with Crippen molar-refractivity contribution in [3.63, 3.8) is 0 Å². The summed E-state index contributed by atoms with van der Waals surface area (Å²) in [5.41, 5.74) is 6.37. The van der Waals surface area contributed by atoms with Gasteiger partial charge >= 0.3 is 6.09 Å². The van der Waals surface area contributed by atoms with Gasteiger partial charge in [0.05, 0.1) is 0 Å². The van der Waals surface area contributed by atoms with E-state index >= 15 is 0 Å². The van der Waals surface area contributed by atoms with Crippen molar-refractivity contribution in [3.8, 4) is 0 Å². The molecular weight excluding hydrogens is 264 g/mol. The molecule has 0 saturated carbocycles. The highest BCUT2D eigenvalue weighted by molar-refractivity contribution is 5.85. The number of nitrogens with one attached hydrogen (secondary N) is 1. The molecule has 0 spiro atoms. The zero-order valence-electron chi connectivity index (χ0n) is 11.7. The van der Waals surface area contributed by atoms with Gasteiger partial charge in [0.15, 0.2) is 0 Å². The average molecular weight is 287 g/mol. The Labute approximate surface area is 121 Å². The first kappa shape index (κ1) is 17.7. The Morgan fingerprint density at radius 3 is 2.37 bits per heavy atom. The zero-order chi connectivity index (χ0) is 13.6. The fraction of sp³-hybridized carbons (Fsp3) is 0.500. The summed E-state index contributed by atoms with van der Waals surface area (Å²) >= 11 is 0. The van der Waals surface area contributed by atoms with Gasteiger partial charge in [-0.15, -0.1) is 12.4 Å². The van der Waals surface area contributed by atoms with E-state index in [0.29, 0.717) is 13.1 Å². The monoisotopic (exact) mass is 286 g/mol. The summed E-state index contributed by atoms with van der Waals surface area (Å²) in [6.45, 7) is 6.48. The molecule has 1 aromatic rings. The number of rotatable bonds is 4. The van der Waals surface area contributed by atoms with Gasteiger partial charge in [0.25, 0.3) is 0 Å². The van der Waals surface area contributed by atoms with Crippen molar-refractivity contribution in [2.45, 2.75) is 32.3 Å². The van der Waals surface area contributed by atoms with Crippen molar-refractivity contribution < 1.29 is 9.53 Å². The van der Waals surface area contributed by atoms with E-state index in [4.69, 9.17) is 10.5 Å². The third-order valence-corrected chi connectivity index (χ3v) is 2.45. The van der Waals surface area contributed by atoms with Gasteiger partial charge in [-0.25, -0.2) is 4.79 Å². The van der Waals surface area contributed by atoms with Gasteiger partial charge in [-0.3, -0.25) is 0 Å². The molecule has 1 unspecified atom stereocenters. The van der Waals surface area contributed by atoms with Crippen LogP contribution < -0.4 is 11.1 Å². The smallest absolute Gasteiger partial charge is 0.407 e. The van der Waals surface area contributed by atoms with Crippen molar-refractivity contribution >= 4 is 18.5 Å². The van der Waals surface area contributed by atoms with Gasteiger partial charge in [-0.05, 0) is 26.3 Å². The predicted molar refractivity (Wildman–Crippen MR) is 79.7 cm³/mol.